The van der Waals surface area contributed by atoms with Gasteiger partial charge in [-0.3, -0.25) is 0 Å². The summed E-state index contributed by atoms with van der Waals surface area (Å²) in [4.78, 5) is 0. The number of unbranched alkanes of at least 4 members (excludes halogenated alkanes) is 1. The number of halogens is 1. The van der Waals surface area contributed by atoms with Gasteiger partial charge in [-0.1, -0.05) is 60.3 Å². The van der Waals surface area contributed by atoms with E-state index in [0.717, 1.165) is 18.9 Å². The Morgan fingerprint density at radius 1 is 0.500 bits per heavy atom. The van der Waals surface area contributed by atoms with Crippen LogP contribution in [0.15, 0.2) is 0 Å². The molecule has 0 bridgehead atoms. The maximum absolute atomic E-state index is 7.32. The summed E-state index contributed by atoms with van der Waals surface area (Å²) in [7, 11) is -16.9. The monoisotopic (exact) mass is 678 g/mol. The normalized spacial score (nSPS) is 17.8. The first kappa shape index (κ1) is 39.6. The predicted octanol–water partition coefficient (Wildman–Crippen LogP) is 9.88. The van der Waals surface area contributed by atoms with E-state index < -0.39 is 58.7 Å². The van der Waals surface area contributed by atoms with E-state index >= 15 is 0 Å². The van der Waals surface area contributed by atoms with E-state index in [0.29, 0.717) is 11.1 Å². The summed E-state index contributed by atoms with van der Waals surface area (Å²) in [5, 5.41) is 0. The molecule has 0 heterocycles. The molecule has 230 valence electrons. The van der Waals surface area contributed by atoms with Crippen LogP contribution in [0.1, 0.15) is 60.3 Å². The van der Waals surface area contributed by atoms with Crippen LogP contribution in [0.25, 0.3) is 0 Å². The molecule has 0 spiro atoms. The van der Waals surface area contributed by atoms with Crippen molar-refractivity contribution in [3.05, 3.63) is 0 Å². The second-order valence-electron chi connectivity index (χ2n) is 13.8. The molecule has 0 aliphatic heterocycles. The van der Waals surface area contributed by atoms with Gasteiger partial charge < -0.3 is 24.7 Å². The maximum atomic E-state index is 7.32. The van der Waals surface area contributed by atoms with Crippen LogP contribution >= 0.6 is 11.1 Å². The third-order valence-corrected chi connectivity index (χ3v) is 37.7. The topological polar surface area (TPSA) is 55.4 Å². The van der Waals surface area contributed by atoms with Gasteiger partial charge in [-0.15, -0.1) is 11.1 Å². The van der Waals surface area contributed by atoms with Crippen LogP contribution in [-0.2, 0) is 24.7 Å². The quantitative estimate of drug-likeness (QED) is 0.100. The van der Waals surface area contributed by atoms with E-state index in [4.69, 9.17) is 35.8 Å². The van der Waals surface area contributed by atoms with E-state index in [9.17, 15) is 0 Å². The summed E-state index contributed by atoms with van der Waals surface area (Å²) in [5.74, 6) is 0. The molecule has 0 radical (unpaired) electrons. The summed E-state index contributed by atoms with van der Waals surface area (Å²) in [6.07, 6.45) is 4.42. The molecule has 0 aromatic heterocycles. The smallest absolute Gasteiger partial charge is 0.314 e. The molecule has 0 saturated heterocycles. The Morgan fingerprint density at radius 3 is 1.08 bits per heavy atom. The van der Waals surface area contributed by atoms with Crippen molar-refractivity contribution in [3.8, 4) is 0 Å². The van der Waals surface area contributed by atoms with Crippen molar-refractivity contribution in [1.29, 1.82) is 0 Å². The van der Waals surface area contributed by atoms with Crippen LogP contribution in [0, 0.1) is 0 Å². The molecule has 0 aromatic rings. The molecule has 0 saturated carbocycles. The van der Waals surface area contributed by atoms with E-state index in [1.807, 2.05) is 0 Å². The first-order chi connectivity index (χ1) is 16.8. The van der Waals surface area contributed by atoms with Gasteiger partial charge in [0.1, 0.15) is 0 Å². The summed E-state index contributed by atoms with van der Waals surface area (Å²) >= 11 is 7.32. The molecule has 0 rings (SSSR count). The Balaban J connectivity index is 5.49. The van der Waals surface area contributed by atoms with E-state index in [1.165, 1.54) is 12.8 Å². The first-order valence-electron chi connectivity index (χ1n) is 14.7. The Morgan fingerprint density at radius 2 is 0.789 bits per heavy atom. The first-order valence-corrected chi connectivity index (χ1v) is 34.9. The number of hydrogen-bond acceptors (Lipinski definition) is 6. The van der Waals surface area contributed by atoms with Crippen molar-refractivity contribution in [1.82, 2.24) is 0 Å². The fourth-order valence-corrected chi connectivity index (χ4v) is 43.3. The van der Waals surface area contributed by atoms with Crippen LogP contribution < -0.4 is 0 Å². The summed E-state index contributed by atoms with van der Waals surface area (Å²) in [5.41, 5.74) is 0.700. The van der Waals surface area contributed by atoms with Gasteiger partial charge in [0.05, 0.1) is 0 Å². The fraction of sp³-hybridized carbons (Fsp3) is 1.00. The van der Waals surface area contributed by atoms with Crippen molar-refractivity contribution in [2.24, 2.45) is 0 Å². The van der Waals surface area contributed by atoms with Crippen molar-refractivity contribution < 1.29 is 24.7 Å². The van der Waals surface area contributed by atoms with Gasteiger partial charge in [0.25, 0.3) is 7.63 Å². The number of hydrogen-bond donors (Lipinski definition) is 0. The largest absolute Gasteiger partial charge is 0.436 e. The Hall–Kier alpha value is 1.57. The second kappa shape index (κ2) is 14.8. The zero-order valence-corrected chi connectivity index (χ0v) is 35.8. The SMILES string of the molecule is CCCC[Si](C)(C)O[Si](C)(C)O[Si](C)(C)O[Si](C)(C)O[Si](C)(C)O[Si](C)(C)O[Si](Cl)(C(C)CC)C(C)CC. The van der Waals surface area contributed by atoms with Crippen molar-refractivity contribution in [3.63, 3.8) is 0 Å². The zero-order valence-electron chi connectivity index (χ0n) is 28.0. The predicted molar refractivity (Wildman–Crippen MR) is 182 cm³/mol. The summed E-state index contributed by atoms with van der Waals surface area (Å²) in [6, 6.07) is 1.16. The van der Waals surface area contributed by atoms with Gasteiger partial charge >= 0.3 is 42.8 Å². The lowest BCUT2D eigenvalue weighted by Crippen LogP contribution is -2.61. The minimum Gasteiger partial charge on any atom is -0.436 e. The third-order valence-electron chi connectivity index (χ3n) is 6.59. The Labute approximate surface area is 249 Å². The van der Waals surface area contributed by atoms with E-state index in [-0.39, 0.29) is 0 Å². The molecule has 0 aliphatic rings. The van der Waals surface area contributed by atoms with E-state index in [1.54, 1.807) is 0 Å². The number of rotatable bonds is 19. The molecule has 0 amide bonds. The molecular formula is C24H63ClO6Si7. The Bertz CT molecular complexity index is 712. The van der Waals surface area contributed by atoms with Gasteiger partial charge in [-0.05, 0) is 95.7 Å². The molecule has 2 atom stereocenters. The highest BCUT2D eigenvalue weighted by atomic mass is 35.6. The molecule has 14 heteroatoms. The van der Waals surface area contributed by atoms with Crippen LogP contribution in [0.4, 0.5) is 0 Å². The van der Waals surface area contributed by atoms with E-state index in [2.05, 4.69) is 113 Å². The molecule has 0 fully saturated rings. The van der Waals surface area contributed by atoms with Gasteiger partial charge in [0.15, 0.2) is 8.32 Å². The van der Waals surface area contributed by atoms with Gasteiger partial charge in [0, 0.05) is 0 Å². The lowest BCUT2D eigenvalue weighted by Gasteiger charge is -2.45. The van der Waals surface area contributed by atoms with Crippen molar-refractivity contribution in [2.45, 2.75) is 156 Å². The fourth-order valence-electron chi connectivity index (χ4n) is 5.41. The van der Waals surface area contributed by atoms with Crippen LogP contribution in [0.2, 0.25) is 95.7 Å². The van der Waals surface area contributed by atoms with Crippen LogP contribution in [-0.4, -0.2) is 58.7 Å². The van der Waals surface area contributed by atoms with Gasteiger partial charge in [0.2, 0.25) is 0 Å². The second-order valence-corrected chi connectivity index (χ2v) is 41.8. The molecule has 0 aliphatic carbocycles. The maximum Gasteiger partial charge on any atom is 0.314 e. The van der Waals surface area contributed by atoms with Gasteiger partial charge in [-0.2, -0.15) is 0 Å². The minimum atomic E-state index is -2.58. The molecule has 2 unspecified atom stereocenters. The van der Waals surface area contributed by atoms with Crippen LogP contribution in [0.3, 0.4) is 0 Å². The van der Waals surface area contributed by atoms with Crippen molar-refractivity contribution >= 4 is 69.8 Å². The van der Waals surface area contributed by atoms with Gasteiger partial charge in [-0.25, -0.2) is 0 Å². The average molecular weight is 680 g/mol. The average Bonchev–Trinajstić information content (AvgIpc) is 2.65. The molecular weight excluding hydrogens is 616 g/mol. The van der Waals surface area contributed by atoms with Crippen LogP contribution in [0.5, 0.6) is 0 Å². The zero-order chi connectivity index (χ0) is 30.4. The highest BCUT2D eigenvalue weighted by Gasteiger charge is 2.52. The minimum absolute atomic E-state index is 0.350. The lowest BCUT2D eigenvalue weighted by molar-refractivity contribution is 0.270. The van der Waals surface area contributed by atoms with Crippen molar-refractivity contribution in [2.75, 3.05) is 0 Å². The molecule has 0 aromatic carbocycles. The third kappa shape index (κ3) is 14.6. The summed E-state index contributed by atoms with van der Waals surface area (Å²) in [6.45, 7) is 36.9. The lowest BCUT2D eigenvalue weighted by atomic mass is 10.4. The summed E-state index contributed by atoms with van der Waals surface area (Å²) < 4.78 is 40.5. The Kier molecular flexibility index (Phi) is 15.5. The highest BCUT2D eigenvalue weighted by Crippen LogP contribution is 2.43. The molecule has 38 heavy (non-hydrogen) atoms. The molecule has 6 nitrogen and oxygen atoms in total. The highest BCUT2D eigenvalue weighted by molar-refractivity contribution is 7.20. The standard InChI is InChI=1S/C24H63ClO6Si7/c1-18-21-22-32(6,7)26-33(8,9)27-34(10,11)28-35(12,13)29-36(14,15)30-37(16,17)31-38(25,23(4)19-2)24(5)20-3/h23-24H,18-22H2,1-17H3. The molecule has 0 N–H and O–H groups in total.